The fraction of sp³-hybridized carbons (Fsp3) is 0.500. The molecule has 1 fully saturated rings. The molecule has 1 aliphatic heterocycles. The van der Waals surface area contributed by atoms with Crippen molar-refractivity contribution in [3.8, 4) is 0 Å². The molecule has 0 aromatic heterocycles. The first kappa shape index (κ1) is 9.69. The minimum atomic E-state index is 0.488. The quantitative estimate of drug-likeness (QED) is 0.702. The van der Waals surface area contributed by atoms with Gasteiger partial charge in [-0.3, -0.25) is 0 Å². The van der Waals surface area contributed by atoms with Crippen LogP contribution in [0.25, 0.3) is 0 Å². The van der Waals surface area contributed by atoms with E-state index in [1.54, 1.807) is 0 Å². The third-order valence-electron chi connectivity index (χ3n) is 2.69. The van der Waals surface area contributed by atoms with Crippen LogP contribution in [0, 0.1) is 13.8 Å². The Morgan fingerprint density at radius 3 is 2.36 bits per heavy atom. The Balaban J connectivity index is 2.21. The van der Waals surface area contributed by atoms with Crippen LogP contribution >= 0.6 is 0 Å². The summed E-state index contributed by atoms with van der Waals surface area (Å²) in [5.41, 5.74) is 4.12. The van der Waals surface area contributed by atoms with Crippen molar-refractivity contribution >= 4 is 0 Å². The predicted octanol–water partition coefficient (Wildman–Crippen LogP) is 1.54. The molecule has 0 amide bonds. The van der Waals surface area contributed by atoms with Crippen LogP contribution in [0.4, 0.5) is 0 Å². The maximum atomic E-state index is 3.53. The van der Waals surface area contributed by atoms with Gasteiger partial charge < -0.3 is 10.6 Å². The normalized spacial score (nSPS) is 22.3. The zero-order valence-corrected chi connectivity index (χ0v) is 8.93. The third kappa shape index (κ3) is 2.14. The first-order valence-corrected chi connectivity index (χ1v) is 5.28. The molecular weight excluding hydrogens is 172 g/mol. The van der Waals surface area contributed by atoms with Gasteiger partial charge in [0.25, 0.3) is 0 Å². The van der Waals surface area contributed by atoms with Crippen molar-refractivity contribution < 1.29 is 0 Å². The fourth-order valence-electron chi connectivity index (χ4n) is 2.10. The van der Waals surface area contributed by atoms with Gasteiger partial charge in [-0.2, -0.15) is 0 Å². The Labute approximate surface area is 85.7 Å². The first-order valence-electron chi connectivity index (χ1n) is 5.28. The molecule has 1 atom stereocenters. The van der Waals surface area contributed by atoms with Crippen LogP contribution < -0.4 is 10.6 Å². The van der Waals surface area contributed by atoms with Crippen molar-refractivity contribution in [1.29, 1.82) is 0 Å². The number of hydrogen-bond donors (Lipinski definition) is 2. The van der Waals surface area contributed by atoms with Crippen molar-refractivity contribution in [2.75, 3.05) is 19.6 Å². The van der Waals surface area contributed by atoms with Crippen molar-refractivity contribution in [3.63, 3.8) is 0 Å². The van der Waals surface area contributed by atoms with Gasteiger partial charge in [0.15, 0.2) is 0 Å². The summed E-state index contributed by atoms with van der Waals surface area (Å²) in [6, 6.07) is 7.26. The van der Waals surface area contributed by atoms with Gasteiger partial charge in [0.05, 0.1) is 0 Å². The van der Waals surface area contributed by atoms with E-state index >= 15 is 0 Å². The van der Waals surface area contributed by atoms with E-state index in [4.69, 9.17) is 0 Å². The lowest BCUT2D eigenvalue weighted by Gasteiger charge is -2.25. The van der Waals surface area contributed by atoms with Gasteiger partial charge in [0.1, 0.15) is 0 Å². The zero-order chi connectivity index (χ0) is 9.97. The molecule has 0 aliphatic carbocycles. The van der Waals surface area contributed by atoms with Crippen LogP contribution in [0.1, 0.15) is 22.7 Å². The molecule has 2 N–H and O–H groups in total. The summed E-state index contributed by atoms with van der Waals surface area (Å²) in [5.74, 6) is 0. The van der Waals surface area contributed by atoms with Crippen LogP contribution in [0.3, 0.4) is 0 Å². The number of aryl methyl sites for hydroxylation is 2. The van der Waals surface area contributed by atoms with E-state index in [0.717, 1.165) is 19.6 Å². The molecule has 2 heteroatoms. The monoisotopic (exact) mass is 190 g/mol. The van der Waals surface area contributed by atoms with Crippen molar-refractivity contribution in [3.05, 3.63) is 34.9 Å². The summed E-state index contributed by atoms with van der Waals surface area (Å²) < 4.78 is 0. The number of rotatable bonds is 1. The number of piperazine rings is 1. The smallest absolute Gasteiger partial charge is 0.0447 e. The molecule has 0 saturated carbocycles. The highest BCUT2D eigenvalue weighted by Gasteiger charge is 2.14. The van der Waals surface area contributed by atoms with E-state index in [0.29, 0.717) is 6.04 Å². The standard InChI is InChI=1S/C12H18N2/c1-9-5-10(2)7-11(6-9)12-8-13-3-4-14-12/h5-7,12-14H,3-4,8H2,1-2H3/t12-/m1/s1. The Kier molecular flexibility index (Phi) is 2.85. The summed E-state index contributed by atoms with van der Waals surface area (Å²) in [6.45, 7) is 7.52. The molecule has 14 heavy (non-hydrogen) atoms. The molecular formula is C12H18N2. The first-order chi connectivity index (χ1) is 6.75. The average molecular weight is 190 g/mol. The van der Waals surface area contributed by atoms with Gasteiger partial charge >= 0.3 is 0 Å². The van der Waals surface area contributed by atoms with Crippen LogP contribution in [0.2, 0.25) is 0 Å². The fourth-order valence-corrected chi connectivity index (χ4v) is 2.10. The molecule has 0 bridgehead atoms. The molecule has 1 aromatic rings. The maximum absolute atomic E-state index is 3.53. The summed E-state index contributed by atoms with van der Waals surface area (Å²) >= 11 is 0. The Morgan fingerprint density at radius 2 is 1.79 bits per heavy atom. The topological polar surface area (TPSA) is 24.1 Å². The van der Waals surface area contributed by atoms with Gasteiger partial charge in [-0.1, -0.05) is 29.3 Å². The van der Waals surface area contributed by atoms with E-state index in [-0.39, 0.29) is 0 Å². The molecule has 76 valence electrons. The second kappa shape index (κ2) is 4.11. The van der Waals surface area contributed by atoms with Crippen LogP contribution in [0.5, 0.6) is 0 Å². The van der Waals surface area contributed by atoms with E-state index < -0.39 is 0 Å². The van der Waals surface area contributed by atoms with E-state index in [2.05, 4.69) is 42.7 Å². The molecule has 1 heterocycles. The van der Waals surface area contributed by atoms with Gasteiger partial charge in [-0.15, -0.1) is 0 Å². The second-order valence-corrected chi connectivity index (χ2v) is 4.13. The van der Waals surface area contributed by atoms with E-state index in [1.165, 1.54) is 16.7 Å². The van der Waals surface area contributed by atoms with Gasteiger partial charge in [-0.25, -0.2) is 0 Å². The van der Waals surface area contributed by atoms with E-state index in [1.807, 2.05) is 0 Å². The van der Waals surface area contributed by atoms with Gasteiger partial charge in [-0.05, 0) is 19.4 Å². The molecule has 0 radical (unpaired) electrons. The number of benzene rings is 1. The van der Waals surface area contributed by atoms with Crippen molar-refractivity contribution in [2.24, 2.45) is 0 Å². The molecule has 1 aromatic carbocycles. The summed E-state index contributed by atoms with van der Waals surface area (Å²) in [5, 5.41) is 6.94. The summed E-state index contributed by atoms with van der Waals surface area (Å²) in [4.78, 5) is 0. The van der Waals surface area contributed by atoms with Gasteiger partial charge in [0, 0.05) is 25.7 Å². The Hall–Kier alpha value is -0.860. The average Bonchev–Trinajstić information content (AvgIpc) is 2.18. The SMILES string of the molecule is Cc1cc(C)cc([C@H]2CNCCN2)c1. The number of hydrogen-bond acceptors (Lipinski definition) is 2. The zero-order valence-electron chi connectivity index (χ0n) is 8.93. The highest BCUT2D eigenvalue weighted by Crippen LogP contribution is 2.17. The lowest BCUT2D eigenvalue weighted by Crippen LogP contribution is -2.42. The van der Waals surface area contributed by atoms with Crippen LogP contribution in [-0.2, 0) is 0 Å². The second-order valence-electron chi connectivity index (χ2n) is 4.13. The Bertz CT molecular complexity index is 294. The van der Waals surface area contributed by atoms with Crippen molar-refractivity contribution in [1.82, 2.24) is 10.6 Å². The van der Waals surface area contributed by atoms with Crippen molar-refractivity contribution in [2.45, 2.75) is 19.9 Å². The minimum Gasteiger partial charge on any atom is -0.314 e. The molecule has 0 unspecified atom stereocenters. The molecule has 0 spiro atoms. The summed E-state index contributed by atoms with van der Waals surface area (Å²) in [7, 11) is 0. The molecule has 2 rings (SSSR count). The Morgan fingerprint density at radius 1 is 1.07 bits per heavy atom. The highest BCUT2D eigenvalue weighted by atomic mass is 15.1. The molecule has 1 aliphatic rings. The third-order valence-corrected chi connectivity index (χ3v) is 2.69. The lowest BCUT2D eigenvalue weighted by atomic mass is 10.0. The summed E-state index contributed by atoms with van der Waals surface area (Å²) in [6.07, 6.45) is 0. The molecule has 2 nitrogen and oxygen atoms in total. The van der Waals surface area contributed by atoms with Crippen LogP contribution in [0.15, 0.2) is 18.2 Å². The molecule has 1 saturated heterocycles. The van der Waals surface area contributed by atoms with Gasteiger partial charge in [0.2, 0.25) is 0 Å². The van der Waals surface area contributed by atoms with Crippen LogP contribution in [-0.4, -0.2) is 19.6 Å². The lowest BCUT2D eigenvalue weighted by molar-refractivity contribution is 0.430. The van der Waals surface area contributed by atoms with E-state index in [9.17, 15) is 0 Å². The number of nitrogens with one attached hydrogen (secondary N) is 2. The minimum absolute atomic E-state index is 0.488. The largest absolute Gasteiger partial charge is 0.314 e. The highest BCUT2D eigenvalue weighted by molar-refractivity contribution is 5.31. The maximum Gasteiger partial charge on any atom is 0.0447 e. The predicted molar refractivity (Wildman–Crippen MR) is 59.5 cm³/mol.